The van der Waals surface area contributed by atoms with E-state index in [1.54, 1.807) is 24.3 Å². The lowest BCUT2D eigenvalue weighted by atomic mass is 10.1. The van der Waals surface area contributed by atoms with Gasteiger partial charge in [0.25, 0.3) is 0 Å². The number of fused-ring (bicyclic) bond motifs is 1. The van der Waals surface area contributed by atoms with Crippen LogP contribution in [0.25, 0.3) is 22.3 Å². The first-order valence-corrected chi connectivity index (χ1v) is 6.95. The smallest absolute Gasteiger partial charge is 0.194 e. The highest BCUT2D eigenvalue weighted by Crippen LogP contribution is 2.33. The van der Waals surface area contributed by atoms with Crippen LogP contribution < -0.4 is 5.43 Å². The van der Waals surface area contributed by atoms with Crippen LogP contribution in [-0.4, -0.2) is 5.11 Å². The van der Waals surface area contributed by atoms with Gasteiger partial charge in [-0.2, -0.15) is 0 Å². The fourth-order valence-corrected chi connectivity index (χ4v) is 2.75. The number of hydrogen-bond acceptors (Lipinski definition) is 3. The van der Waals surface area contributed by atoms with Crippen molar-refractivity contribution in [3.8, 4) is 17.1 Å². The minimum atomic E-state index is -0.246. The van der Waals surface area contributed by atoms with Crippen LogP contribution in [0.3, 0.4) is 0 Å². The van der Waals surface area contributed by atoms with Gasteiger partial charge < -0.3 is 9.52 Å². The lowest BCUT2D eigenvalue weighted by Gasteiger charge is -2.06. The summed E-state index contributed by atoms with van der Waals surface area (Å²) < 4.78 is 6.05. The molecule has 0 aliphatic heterocycles. The van der Waals surface area contributed by atoms with Crippen molar-refractivity contribution >= 4 is 38.5 Å². The summed E-state index contributed by atoms with van der Waals surface area (Å²) in [6, 6.07) is 11.5. The molecule has 0 bridgehead atoms. The first kappa shape index (κ1) is 13.2. The van der Waals surface area contributed by atoms with E-state index >= 15 is 0 Å². The molecular formula is C15H8BrClO3. The van der Waals surface area contributed by atoms with Crippen molar-refractivity contribution in [2.24, 2.45) is 0 Å². The second-order valence-corrected chi connectivity index (χ2v) is 5.43. The zero-order valence-corrected chi connectivity index (χ0v) is 12.4. The van der Waals surface area contributed by atoms with Gasteiger partial charge in [0, 0.05) is 11.6 Å². The van der Waals surface area contributed by atoms with E-state index in [1.165, 1.54) is 12.1 Å². The molecule has 1 N–H and O–H groups in total. The zero-order chi connectivity index (χ0) is 14.3. The van der Waals surface area contributed by atoms with Gasteiger partial charge in [-0.15, -0.1) is 0 Å². The summed E-state index contributed by atoms with van der Waals surface area (Å²) in [7, 11) is 0. The predicted molar refractivity (Wildman–Crippen MR) is 82.3 cm³/mol. The maximum absolute atomic E-state index is 12.2. The molecule has 3 rings (SSSR count). The van der Waals surface area contributed by atoms with E-state index in [1.807, 2.05) is 6.07 Å². The molecule has 0 spiro atoms. The van der Waals surface area contributed by atoms with Crippen LogP contribution >= 0.6 is 27.5 Å². The molecule has 20 heavy (non-hydrogen) atoms. The molecule has 0 radical (unpaired) electrons. The Morgan fingerprint density at radius 3 is 2.65 bits per heavy atom. The van der Waals surface area contributed by atoms with Crippen molar-refractivity contribution < 1.29 is 9.52 Å². The molecule has 1 heterocycles. The molecule has 1 aromatic heterocycles. The zero-order valence-electron chi connectivity index (χ0n) is 10.1. The Labute approximate surface area is 127 Å². The Bertz CT molecular complexity index is 871. The molecule has 0 saturated carbocycles. The van der Waals surface area contributed by atoms with E-state index in [4.69, 9.17) is 16.0 Å². The minimum Gasteiger partial charge on any atom is -0.507 e. The Morgan fingerprint density at radius 1 is 1.15 bits per heavy atom. The van der Waals surface area contributed by atoms with Gasteiger partial charge in [0.2, 0.25) is 0 Å². The molecule has 100 valence electrons. The standard InChI is InChI=1S/C15H8BrClO3/c16-15-10(18)5-6-12-14(15)11(19)7-13(20-12)8-3-1-2-4-9(8)17/h1-7,18H. The summed E-state index contributed by atoms with van der Waals surface area (Å²) in [5.41, 5.74) is 0.790. The third kappa shape index (κ3) is 2.11. The van der Waals surface area contributed by atoms with Crippen LogP contribution in [0.5, 0.6) is 5.75 Å². The molecule has 0 saturated heterocycles. The van der Waals surface area contributed by atoms with Crippen LogP contribution in [0, 0.1) is 0 Å². The van der Waals surface area contributed by atoms with Crippen LogP contribution in [0.4, 0.5) is 0 Å². The second kappa shape index (κ2) is 4.96. The predicted octanol–water partition coefficient (Wildman–Crippen LogP) is 4.58. The molecular weight excluding hydrogens is 344 g/mol. The van der Waals surface area contributed by atoms with Gasteiger partial charge in [0.05, 0.1) is 14.9 Å². The van der Waals surface area contributed by atoms with Gasteiger partial charge >= 0.3 is 0 Å². The van der Waals surface area contributed by atoms with Crippen LogP contribution in [0.15, 0.2) is 56.1 Å². The van der Waals surface area contributed by atoms with Gasteiger partial charge in [-0.1, -0.05) is 23.7 Å². The van der Waals surface area contributed by atoms with E-state index in [-0.39, 0.29) is 11.2 Å². The van der Waals surface area contributed by atoms with Gasteiger partial charge in [0.1, 0.15) is 17.1 Å². The fraction of sp³-hybridized carbons (Fsp3) is 0. The average Bonchev–Trinajstić information content (AvgIpc) is 2.43. The lowest BCUT2D eigenvalue weighted by molar-refractivity contribution is 0.472. The third-order valence-corrected chi connectivity index (χ3v) is 4.08. The minimum absolute atomic E-state index is 0.00436. The first-order chi connectivity index (χ1) is 9.58. The van der Waals surface area contributed by atoms with E-state index < -0.39 is 0 Å². The molecule has 0 amide bonds. The molecule has 3 aromatic rings. The normalized spacial score (nSPS) is 10.9. The van der Waals surface area contributed by atoms with Gasteiger partial charge in [-0.25, -0.2) is 0 Å². The van der Waals surface area contributed by atoms with E-state index in [0.29, 0.717) is 31.8 Å². The summed E-state index contributed by atoms with van der Waals surface area (Å²) in [5, 5.41) is 10.4. The van der Waals surface area contributed by atoms with Gasteiger partial charge in [-0.05, 0) is 40.2 Å². The summed E-state index contributed by atoms with van der Waals surface area (Å²) in [5.74, 6) is 0.390. The fourth-order valence-electron chi connectivity index (χ4n) is 1.99. The Kier molecular flexibility index (Phi) is 3.28. The second-order valence-electron chi connectivity index (χ2n) is 4.23. The van der Waals surface area contributed by atoms with E-state index in [0.717, 1.165) is 0 Å². The van der Waals surface area contributed by atoms with Crippen molar-refractivity contribution in [3.63, 3.8) is 0 Å². The Morgan fingerprint density at radius 2 is 1.90 bits per heavy atom. The number of benzene rings is 2. The topological polar surface area (TPSA) is 50.4 Å². The quantitative estimate of drug-likeness (QED) is 0.698. The van der Waals surface area contributed by atoms with Crippen molar-refractivity contribution in [2.45, 2.75) is 0 Å². The Hall–Kier alpha value is -1.78. The molecule has 3 nitrogen and oxygen atoms in total. The molecule has 0 aliphatic rings. The van der Waals surface area contributed by atoms with Crippen molar-refractivity contribution in [1.29, 1.82) is 0 Å². The van der Waals surface area contributed by atoms with Crippen molar-refractivity contribution in [2.75, 3.05) is 0 Å². The number of aromatic hydroxyl groups is 1. The van der Waals surface area contributed by atoms with E-state index in [2.05, 4.69) is 15.9 Å². The number of phenols is 1. The summed E-state index contributed by atoms with van der Waals surface area (Å²) in [6.07, 6.45) is 0. The third-order valence-electron chi connectivity index (χ3n) is 2.95. The molecule has 0 aliphatic carbocycles. The molecule has 5 heteroatoms. The average molecular weight is 352 g/mol. The van der Waals surface area contributed by atoms with Crippen LogP contribution in [-0.2, 0) is 0 Å². The summed E-state index contributed by atoms with van der Waals surface area (Å²) in [4.78, 5) is 12.2. The van der Waals surface area contributed by atoms with Crippen molar-refractivity contribution in [1.82, 2.24) is 0 Å². The highest BCUT2D eigenvalue weighted by Gasteiger charge is 2.13. The number of rotatable bonds is 1. The summed E-state index contributed by atoms with van der Waals surface area (Å²) >= 11 is 9.30. The maximum Gasteiger partial charge on any atom is 0.194 e. The molecule has 0 atom stereocenters. The number of halogens is 2. The maximum atomic E-state index is 12.2. The summed E-state index contributed by atoms with van der Waals surface area (Å²) in [6.45, 7) is 0. The number of hydrogen-bond donors (Lipinski definition) is 1. The highest BCUT2D eigenvalue weighted by atomic mass is 79.9. The monoisotopic (exact) mass is 350 g/mol. The van der Waals surface area contributed by atoms with Crippen LogP contribution in [0.1, 0.15) is 0 Å². The van der Waals surface area contributed by atoms with Crippen molar-refractivity contribution in [3.05, 3.63) is 62.2 Å². The van der Waals surface area contributed by atoms with Gasteiger partial charge in [0.15, 0.2) is 5.43 Å². The molecule has 2 aromatic carbocycles. The number of phenolic OH excluding ortho intramolecular Hbond substituents is 1. The Balaban J connectivity index is 2.35. The highest BCUT2D eigenvalue weighted by molar-refractivity contribution is 9.10. The lowest BCUT2D eigenvalue weighted by Crippen LogP contribution is -2.01. The van der Waals surface area contributed by atoms with Crippen LogP contribution in [0.2, 0.25) is 5.02 Å². The molecule has 0 unspecified atom stereocenters. The largest absolute Gasteiger partial charge is 0.507 e. The van der Waals surface area contributed by atoms with E-state index in [9.17, 15) is 9.90 Å². The van der Waals surface area contributed by atoms with Gasteiger partial charge in [-0.3, -0.25) is 4.79 Å². The first-order valence-electron chi connectivity index (χ1n) is 5.78. The SMILES string of the molecule is O=c1cc(-c2ccccc2Cl)oc2ccc(O)c(Br)c12. The molecule has 0 fully saturated rings.